The third-order valence-electron chi connectivity index (χ3n) is 4.57. The van der Waals surface area contributed by atoms with E-state index >= 15 is 0 Å². The number of benzene rings is 2. The van der Waals surface area contributed by atoms with Gasteiger partial charge >= 0.3 is 0 Å². The van der Waals surface area contributed by atoms with Crippen LogP contribution in [0, 0.1) is 0 Å². The molecule has 1 unspecified atom stereocenters. The van der Waals surface area contributed by atoms with E-state index in [1.54, 1.807) is 26.4 Å². The van der Waals surface area contributed by atoms with Gasteiger partial charge in [-0.2, -0.15) is 0 Å². The minimum atomic E-state index is 0.0317. The minimum absolute atomic E-state index is 0.0317. The molecule has 0 spiro atoms. The molecule has 2 aromatic rings. The van der Waals surface area contributed by atoms with E-state index in [2.05, 4.69) is 12.1 Å². The van der Waals surface area contributed by atoms with Gasteiger partial charge in [0.15, 0.2) is 0 Å². The van der Waals surface area contributed by atoms with E-state index < -0.39 is 0 Å². The van der Waals surface area contributed by atoms with E-state index in [1.807, 2.05) is 41.3 Å². The summed E-state index contributed by atoms with van der Waals surface area (Å²) in [5.74, 6) is 1.44. The Hall–Kier alpha value is -2.75. The lowest BCUT2D eigenvalue weighted by Crippen LogP contribution is -2.28. The maximum atomic E-state index is 12.7. The van der Waals surface area contributed by atoms with Crippen molar-refractivity contribution in [3.8, 4) is 11.5 Å². The Morgan fingerprint density at radius 2 is 1.92 bits per heavy atom. The monoisotopic (exact) mass is 337 g/mol. The van der Waals surface area contributed by atoms with E-state index in [-0.39, 0.29) is 11.9 Å². The number of nitrogens with zero attached hydrogens (tertiary/aromatic N) is 1. The van der Waals surface area contributed by atoms with Crippen molar-refractivity contribution in [1.29, 1.82) is 0 Å². The van der Waals surface area contributed by atoms with Gasteiger partial charge in [0.05, 0.1) is 20.3 Å². The molecule has 1 amide bonds. The van der Waals surface area contributed by atoms with Crippen molar-refractivity contribution in [2.45, 2.75) is 18.9 Å². The predicted molar refractivity (Wildman–Crippen MR) is 98.7 cm³/mol. The minimum Gasteiger partial charge on any atom is -0.497 e. The largest absolute Gasteiger partial charge is 0.497 e. The number of methoxy groups -OCH3 is 2. The second kappa shape index (κ2) is 7.88. The molecule has 0 aromatic heterocycles. The predicted octanol–water partition coefficient (Wildman–Crippen LogP) is 4.08. The van der Waals surface area contributed by atoms with Crippen LogP contribution >= 0.6 is 0 Å². The molecule has 0 radical (unpaired) electrons. The highest BCUT2D eigenvalue weighted by Crippen LogP contribution is 2.32. The highest BCUT2D eigenvalue weighted by molar-refractivity contribution is 5.92. The van der Waals surface area contributed by atoms with Crippen molar-refractivity contribution < 1.29 is 14.3 Å². The normalized spacial score (nSPS) is 17.0. The smallest absolute Gasteiger partial charge is 0.247 e. The van der Waals surface area contributed by atoms with Gasteiger partial charge in [-0.15, -0.1) is 0 Å². The Bertz CT molecular complexity index is 755. The second-order valence-corrected chi connectivity index (χ2v) is 6.04. The average molecular weight is 337 g/mol. The molecule has 1 aliphatic rings. The molecule has 0 bridgehead atoms. The maximum absolute atomic E-state index is 12.7. The number of carbonyl (C=O) groups is 1. The topological polar surface area (TPSA) is 38.8 Å². The molecule has 1 fully saturated rings. The lowest BCUT2D eigenvalue weighted by atomic mass is 10.0. The Morgan fingerprint density at radius 1 is 1.12 bits per heavy atom. The van der Waals surface area contributed by atoms with Crippen LogP contribution in [0.15, 0.2) is 54.6 Å². The van der Waals surface area contributed by atoms with Gasteiger partial charge < -0.3 is 14.4 Å². The van der Waals surface area contributed by atoms with E-state index in [1.165, 1.54) is 5.56 Å². The molecule has 0 aliphatic carbocycles. The van der Waals surface area contributed by atoms with Crippen molar-refractivity contribution in [2.24, 2.45) is 0 Å². The number of carbonyl (C=O) groups excluding carboxylic acids is 1. The van der Waals surface area contributed by atoms with Crippen molar-refractivity contribution in [1.82, 2.24) is 4.90 Å². The molecule has 25 heavy (non-hydrogen) atoms. The van der Waals surface area contributed by atoms with Crippen LogP contribution in [0.2, 0.25) is 0 Å². The molecule has 130 valence electrons. The Balaban J connectivity index is 1.76. The molecule has 0 saturated carbocycles. The lowest BCUT2D eigenvalue weighted by molar-refractivity contribution is -0.126. The standard InChI is InChI=1S/C21H23NO3/c1-24-18-12-10-17(20(15-18)25-2)11-13-21(23)22-14-6-9-19(22)16-7-4-3-5-8-16/h3-5,7-8,10-13,15,19H,6,9,14H2,1-2H3. The zero-order chi connectivity index (χ0) is 17.6. The van der Waals surface area contributed by atoms with Crippen LogP contribution < -0.4 is 9.47 Å². The van der Waals surface area contributed by atoms with Gasteiger partial charge in [-0.25, -0.2) is 0 Å². The van der Waals surface area contributed by atoms with Gasteiger partial charge in [0, 0.05) is 24.3 Å². The van der Waals surface area contributed by atoms with Crippen molar-refractivity contribution in [3.05, 3.63) is 65.7 Å². The fourth-order valence-electron chi connectivity index (χ4n) is 3.27. The zero-order valence-electron chi connectivity index (χ0n) is 14.6. The van der Waals surface area contributed by atoms with Gasteiger partial charge in [0.1, 0.15) is 11.5 Å². The summed E-state index contributed by atoms with van der Waals surface area (Å²) in [5.41, 5.74) is 2.05. The van der Waals surface area contributed by atoms with Crippen LogP contribution in [-0.4, -0.2) is 31.6 Å². The van der Waals surface area contributed by atoms with Gasteiger partial charge in [0.2, 0.25) is 5.91 Å². The molecule has 1 atom stereocenters. The summed E-state index contributed by atoms with van der Waals surface area (Å²) in [4.78, 5) is 14.6. The number of hydrogen-bond acceptors (Lipinski definition) is 3. The van der Waals surface area contributed by atoms with Gasteiger partial charge in [-0.05, 0) is 36.6 Å². The summed E-state index contributed by atoms with van der Waals surface area (Å²) in [6, 6.07) is 15.9. The molecule has 1 heterocycles. The summed E-state index contributed by atoms with van der Waals surface area (Å²) in [7, 11) is 3.23. The third kappa shape index (κ3) is 3.85. The summed E-state index contributed by atoms with van der Waals surface area (Å²) < 4.78 is 10.6. The Labute approximate surface area is 148 Å². The molecule has 1 saturated heterocycles. The number of ether oxygens (including phenoxy) is 2. The third-order valence-corrected chi connectivity index (χ3v) is 4.57. The molecule has 1 aliphatic heterocycles. The van der Waals surface area contributed by atoms with E-state index in [4.69, 9.17) is 9.47 Å². The van der Waals surface area contributed by atoms with Crippen LogP contribution in [0.1, 0.15) is 30.0 Å². The summed E-state index contributed by atoms with van der Waals surface area (Å²) in [6.07, 6.45) is 5.48. The van der Waals surface area contributed by atoms with Crippen molar-refractivity contribution in [2.75, 3.05) is 20.8 Å². The fourth-order valence-corrected chi connectivity index (χ4v) is 3.27. The first-order valence-electron chi connectivity index (χ1n) is 8.48. The molecule has 2 aromatic carbocycles. The molecule has 0 N–H and O–H groups in total. The van der Waals surface area contributed by atoms with E-state index in [9.17, 15) is 4.79 Å². The van der Waals surface area contributed by atoms with Crippen LogP contribution in [-0.2, 0) is 4.79 Å². The van der Waals surface area contributed by atoms with Crippen molar-refractivity contribution in [3.63, 3.8) is 0 Å². The van der Waals surface area contributed by atoms with Gasteiger partial charge in [-0.1, -0.05) is 30.3 Å². The molecule has 4 heteroatoms. The molecule has 3 rings (SSSR count). The lowest BCUT2D eigenvalue weighted by Gasteiger charge is -2.23. The van der Waals surface area contributed by atoms with Crippen LogP contribution in [0.4, 0.5) is 0 Å². The molecular formula is C21H23NO3. The quantitative estimate of drug-likeness (QED) is 0.772. The fraction of sp³-hybridized carbons (Fsp3) is 0.286. The Morgan fingerprint density at radius 3 is 2.64 bits per heavy atom. The maximum Gasteiger partial charge on any atom is 0.247 e. The molecular weight excluding hydrogens is 314 g/mol. The van der Waals surface area contributed by atoms with Crippen LogP contribution in [0.5, 0.6) is 11.5 Å². The van der Waals surface area contributed by atoms with Crippen LogP contribution in [0.25, 0.3) is 6.08 Å². The second-order valence-electron chi connectivity index (χ2n) is 6.04. The highest BCUT2D eigenvalue weighted by atomic mass is 16.5. The zero-order valence-corrected chi connectivity index (χ0v) is 14.6. The number of rotatable bonds is 5. The van der Waals surface area contributed by atoms with Gasteiger partial charge in [-0.3, -0.25) is 4.79 Å². The Kier molecular flexibility index (Phi) is 5.39. The summed E-state index contributed by atoms with van der Waals surface area (Å²) >= 11 is 0. The van der Waals surface area contributed by atoms with E-state index in [0.29, 0.717) is 5.75 Å². The summed E-state index contributed by atoms with van der Waals surface area (Å²) in [5, 5.41) is 0. The highest BCUT2D eigenvalue weighted by Gasteiger charge is 2.28. The van der Waals surface area contributed by atoms with E-state index in [0.717, 1.165) is 30.7 Å². The first-order valence-corrected chi connectivity index (χ1v) is 8.48. The van der Waals surface area contributed by atoms with Crippen LogP contribution in [0.3, 0.4) is 0 Å². The molecule has 4 nitrogen and oxygen atoms in total. The first-order chi connectivity index (χ1) is 12.2. The number of amides is 1. The number of likely N-dealkylation sites (tertiary alicyclic amines) is 1. The average Bonchev–Trinajstić information content (AvgIpc) is 3.16. The summed E-state index contributed by atoms with van der Waals surface area (Å²) in [6.45, 7) is 0.794. The first kappa shape index (κ1) is 17.1. The SMILES string of the molecule is COc1ccc(C=CC(=O)N2CCCC2c2ccccc2)c(OC)c1. The number of hydrogen-bond donors (Lipinski definition) is 0. The van der Waals surface area contributed by atoms with Crippen molar-refractivity contribution >= 4 is 12.0 Å². The van der Waals surface area contributed by atoms with Gasteiger partial charge in [0.25, 0.3) is 0 Å².